The molecule has 1 rings (SSSR count). The number of nitrogens with one attached hydrogen (secondary N) is 1. The molecule has 0 unspecified atom stereocenters. The van der Waals surface area contributed by atoms with Crippen molar-refractivity contribution in [2.75, 3.05) is 26.7 Å². The first-order chi connectivity index (χ1) is 8.17. The largest absolute Gasteiger partial charge is 0.351 e. The van der Waals surface area contributed by atoms with Crippen molar-refractivity contribution in [1.82, 2.24) is 10.2 Å². The van der Waals surface area contributed by atoms with Gasteiger partial charge in [0.25, 0.3) is 5.91 Å². The SMILES string of the molecule is CCN(C)CCNC(=O)c1ccc(CCl)cc1. The lowest BCUT2D eigenvalue weighted by atomic mass is 10.1. The minimum absolute atomic E-state index is 0.0318. The number of amides is 1. The highest BCUT2D eigenvalue weighted by Crippen LogP contribution is 2.06. The highest BCUT2D eigenvalue weighted by Gasteiger charge is 2.04. The summed E-state index contributed by atoms with van der Waals surface area (Å²) < 4.78 is 0. The van der Waals surface area contributed by atoms with Gasteiger partial charge >= 0.3 is 0 Å². The van der Waals surface area contributed by atoms with E-state index in [1.165, 1.54) is 0 Å². The fraction of sp³-hybridized carbons (Fsp3) is 0.462. The van der Waals surface area contributed by atoms with Crippen molar-refractivity contribution in [2.24, 2.45) is 0 Å². The van der Waals surface area contributed by atoms with E-state index in [1.54, 1.807) is 12.1 Å². The monoisotopic (exact) mass is 254 g/mol. The van der Waals surface area contributed by atoms with E-state index in [4.69, 9.17) is 11.6 Å². The fourth-order valence-corrected chi connectivity index (χ4v) is 1.54. The normalized spacial score (nSPS) is 10.6. The summed E-state index contributed by atoms with van der Waals surface area (Å²) in [5, 5.41) is 2.89. The van der Waals surface area contributed by atoms with Gasteiger partial charge in [-0.05, 0) is 31.3 Å². The molecule has 3 nitrogen and oxygen atoms in total. The van der Waals surface area contributed by atoms with Crippen LogP contribution in [0.5, 0.6) is 0 Å². The van der Waals surface area contributed by atoms with Crippen LogP contribution in [0.4, 0.5) is 0 Å². The van der Waals surface area contributed by atoms with E-state index in [0.29, 0.717) is 18.0 Å². The third kappa shape index (κ3) is 4.75. The Kier molecular flexibility index (Phi) is 6.01. The first-order valence-corrected chi connectivity index (χ1v) is 6.32. The molecule has 1 amide bonds. The van der Waals surface area contributed by atoms with Crippen molar-refractivity contribution in [1.29, 1.82) is 0 Å². The molecule has 1 aromatic rings. The van der Waals surface area contributed by atoms with Gasteiger partial charge in [-0.25, -0.2) is 0 Å². The van der Waals surface area contributed by atoms with Gasteiger partial charge in [0, 0.05) is 24.5 Å². The number of hydrogen-bond donors (Lipinski definition) is 1. The topological polar surface area (TPSA) is 32.3 Å². The van der Waals surface area contributed by atoms with Crippen LogP contribution in [0.15, 0.2) is 24.3 Å². The van der Waals surface area contributed by atoms with E-state index >= 15 is 0 Å². The second-order valence-corrected chi connectivity index (χ2v) is 4.25. The zero-order chi connectivity index (χ0) is 12.7. The van der Waals surface area contributed by atoms with Crippen LogP contribution in [0.25, 0.3) is 0 Å². The van der Waals surface area contributed by atoms with Crippen LogP contribution < -0.4 is 5.32 Å². The molecule has 0 aliphatic rings. The summed E-state index contributed by atoms with van der Waals surface area (Å²) >= 11 is 5.69. The molecule has 0 radical (unpaired) electrons. The maximum atomic E-state index is 11.8. The van der Waals surface area contributed by atoms with Gasteiger partial charge in [-0.2, -0.15) is 0 Å². The molecule has 4 heteroatoms. The molecule has 0 atom stereocenters. The van der Waals surface area contributed by atoms with E-state index in [-0.39, 0.29) is 5.91 Å². The first kappa shape index (κ1) is 14.0. The molecular weight excluding hydrogens is 236 g/mol. The molecule has 0 spiro atoms. The Hall–Kier alpha value is -1.06. The Morgan fingerprint density at radius 1 is 1.35 bits per heavy atom. The molecule has 0 saturated heterocycles. The molecule has 17 heavy (non-hydrogen) atoms. The lowest BCUT2D eigenvalue weighted by Gasteiger charge is -2.14. The third-order valence-electron chi connectivity index (χ3n) is 2.69. The average Bonchev–Trinajstić information content (AvgIpc) is 2.38. The summed E-state index contributed by atoms with van der Waals surface area (Å²) in [5.74, 6) is 0.444. The number of halogens is 1. The quantitative estimate of drug-likeness (QED) is 0.789. The fourth-order valence-electron chi connectivity index (χ4n) is 1.37. The molecule has 1 N–H and O–H groups in total. The Morgan fingerprint density at radius 2 is 2.00 bits per heavy atom. The van der Waals surface area contributed by atoms with E-state index in [1.807, 2.05) is 19.2 Å². The molecule has 0 bridgehead atoms. The van der Waals surface area contributed by atoms with Gasteiger partial charge in [0.1, 0.15) is 0 Å². The number of nitrogens with zero attached hydrogens (tertiary/aromatic N) is 1. The predicted octanol–water partition coefficient (Wildman–Crippen LogP) is 2.11. The smallest absolute Gasteiger partial charge is 0.251 e. The van der Waals surface area contributed by atoms with E-state index in [2.05, 4.69) is 17.1 Å². The predicted molar refractivity (Wildman–Crippen MR) is 71.5 cm³/mol. The maximum absolute atomic E-state index is 11.8. The molecular formula is C13H19ClN2O. The Morgan fingerprint density at radius 3 is 2.53 bits per heavy atom. The van der Waals surface area contributed by atoms with Crippen LogP contribution in [-0.4, -0.2) is 37.5 Å². The number of carbonyl (C=O) groups excluding carboxylic acids is 1. The van der Waals surface area contributed by atoms with Gasteiger partial charge in [0.2, 0.25) is 0 Å². The van der Waals surface area contributed by atoms with E-state index < -0.39 is 0 Å². The second kappa shape index (κ2) is 7.30. The molecule has 1 aromatic carbocycles. The summed E-state index contributed by atoms with van der Waals surface area (Å²) in [4.78, 5) is 13.9. The standard InChI is InChI=1S/C13H19ClN2O/c1-3-16(2)9-8-15-13(17)12-6-4-11(10-14)5-7-12/h4-7H,3,8-10H2,1-2H3,(H,15,17). The zero-order valence-corrected chi connectivity index (χ0v) is 11.1. The number of likely N-dealkylation sites (N-methyl/N-ethyl adjacent to an activating group) is 1. The summed E-state index contributed by atoms with van der Waals surface area (Å²) in [7, 11) is 2.03. The first-order valence-electron chi connectivity index (χ1n) is 5.79. The minimum Gasteiger partial charge on any atom is -0.351 e. The number of hydrogen-bond acceptors (Lipinski definition) is 2. The number of alkyl halides is 1. The molecule has 0 aliphatic heterocycles. The average molecular weight is 255 g/mol. The van der Waals surface area contributed by atoms with Crippen LogP contribution in [0.3, 0.4) is 0 Å². The maximum Gasteiger partial charge on any atom is 0.251 e. The molecule has 0 fully saturated rings. The van der Waals surface area contributed by atoms with Crippen molar-refractivity contribution in [3.8, 4) is 0 Å². The molecule has 0 heterocycles. The summed E-state index contributed by atoms with van der Waals surface area (Å²) in [6.45, 7) is 4.61. The molecule has 0 aromatic heterocycles. The van der Waals surface area contributed by atoms with Crippen molar-refractivity contribution in [3.05, 3.63) is 35.4 Å². The number of rotatable bonds is 6. The number of benzene rings is 1. The van der Waals surface area contributed by atoms with Gasteiger partial charge in [-0.3, -0.25) is 4.79 Å². The van der Waals surface area contributed by atoms with Gasteiger partial charge in [0.05, 0.1) is 0 Å². The van der Waals surface area contributed by atoms with Gasteiger partial charge in [-0.1, -0.05) is 19.1 Å². The van der Waals surface area contributed by atoms with E-state index in [9.17, 15) is 4.79 Å². The Labute approximate surface area is 108 Å². The van der Waals surface area contributed by atoms with Crippen LogP contribution in [0.1, 0.15) is 22.8 Å². The van der Waals surface area contributed by atoms with Gasteiger partial charge < -0.3 is 10.2 Å². The van der Waals surface area contributed by atoms with E-state index in [0.717, 1.165) is 18.7 Å². The zero-order valence-electron chi connectivity index (χ0n) is 10.4. The summed E-state index contributed by atoms with van der Waals surface area (Å²) in [5.41, 5.74) is 1.70. The Bertz CT molecular complexity index is 351. The minimum atomic E-state index is -0.0318. The molecule has 94 valence electrons. The van der Waals surface area contributed by atoms with Crippen molar-refractivity contribution in [3.63, 3.8) is 0 Å². The highest BCUT2D eigenvalue weighted by atomic mass is 35.5. The molecule has 0 aliphatic carbocycles. The summed E-state index contributed by atoms with van der Waals surface area (Å²) in [6.07, 6.45) is 0. The lowest BCUT2D eigenvalue weighted by Crippen LogP contribution is -2.32. The van der Waals surface area contributed by atoms with Crippen LogP contribution in [0.2, 0.25) is 0 Å². The van der Waals surface area contributed by atoms with Crippen LogP contribution in [-0.2, 0) is 5.88 Å². The van der Waals surface area contributed by atoms with Crippen molar-refractivity contribution >= 4 is 17.5 Å². The van der Waals surface area contributed by atoms with Crippen LogP contribution >= 0.6 is 11.6 Å². The van der Waals surface area contributed by atoms with Crippen LogP contribution in [0, 0.1) is 0 Å². The second-order valence-electron chi connectivity index (χ2n) is 3.98. The van der Waals surface area contributed by atoms with Crippen molar-refractivity contribution < 1.29 is 4.79 Å². The highest BCUT2D eigenvalue weighted by molar-refractivity contribution is 6.17. The van der Waals surface area contributed by atoms with Gasteiger partial charge in [-0.15, -0.1) is 11.6 Å². The lowest BCUT2D eigenvalue weighted by molar-refractivity contribution is 0.0950. The van der Waals surface area contributed by atoms with Gasteiger partial charge in [0.15, 0.2) is 0 Å². The summed E-state index contributed by atoms with van der Waals surface area (Å²) in [6, 6.07) is 7.35. The number of carbonyl (C=O) groups is 1. The third-order valence-corrected chi connectivity index (χ3v) is 3.00. The molecule has 0 saturated carbocycles. The Balaban J connectivity index is 2.41. The van der Waals surface area contributed by atoms with Crippen molar-refractivity contribution in [2.45, 2.75) is 12.8 Å².